The maximum atomic E-state index is 9.96. The molecule has 6 heteroatoms. The molecule has 0 amide bonds. The first-order chi connectivity index (χ1) is 7.24. The molecule has 0 heterocycles. The molecule has 5 nitrogen and oxygen atoms in total. The first-order valence-electron chi connectivity index (χ1n) is 5.11. The Morgan fingerprint density at radius 2 is 2.00 bits per heavy atom. The van der Waals surface area contributed by atoms with E-state index >= 15 is 0 Å². The zero-order chi connectivity index (χ0) is 13.2. The van der Waals surface area contributed by atoms with E-state index in [2.05, 4.69) is 21.1 Å². The zero-order valence-electron chi connectivity index (χ0n) is 10.6. The van der Waals surface area contributed by atoms with E-state index in [0.717, 1.165) is 16.8 Å². The second-order valence-corrected chi connectivity index (χ2v) is 5.43. The van der Waals surface area contributed by atoms with Crippen molar-refractivity contribution >= 4 is 17.7 Å². The Bertz CT molecular complexity index is 183. The minimum atomic E-state index is -1.16. The lowest BCUT2D eigenvalue weighted by Crippen LogP contribution is -2.42. The molecular formula is C10H24N2O3S. The van der Waals surface area contributed by atoms with Crippen molar-refractivity contribution in [2.45, 2.75) is 12.5 Å². The monoisotopic (exact) mass is 252 g/mol. The Hall–Kier alpha value is -0.300. The van der Waals surface area contributed by atoms with E-state index in [1.807, 2.05) is 6.26 Å². The largest absolute Gasteiger partial charge is 0.548 e. The summed E-state index contributed by atoms with van der Waals surface area (Å²) in [6.45, 7) is 1.11. The van der Waals surface area contributed by atoms with Crippen LogP contribution >= 0.6 is 11.8 Å². The van der Waals surface area contributed by atoms with Crippen LogP contribution in [0.15, 0.2) is 0 Å². The third-order valence-corrected chi connectivity index (χ3v) is 2.35. The summed E-state index contributed by atoms with van der Waals surface area (Å²) in [5.41, 5.74) is 5.13. The number of rotatable bonds is 6. The molecule has 0 aromatic heterocycles. The first-order valence-corrected chi connectivity index (χ1v) is 6.50. The lowest BCUT2D eigenvalue weighted by molar-refractivity contribution is -0.870. The third kappa shape index (κ3) is 16.1. The molecular weight excluding hydrogens is 228 g/mol. The summed E-state index contributed by atoms with van der Waals surface area (Å²) < 4.78 is 0.844. The van der Waals surface area contributed by atoms with E-state index in [-0.39, 0.29) is 6.61 Å². The van der Waals surface area contributed by atoms with Gasteiger partial charge in [-0.25, -0.2) is 0 Å². The fourth-order valence-electron chi connectivity index (χ4n) is 0.663. The maximum Gasteiger partial charge on any atom is 0.101 e. The van der Waals surface area contributed by atoms with Crippen molar-refractivity contribution in [1.29, 1.82) is 0 Å². The van der Waals surface area contributed by atoms with Crippen molar-refractivity contribution in [3.05, 3.63) is 0 Å². The Morgan fingerprint density at radius 1 is 1.50 bits per heavy atom. The number of nitrogens with two attached hydrogens (primary N) is 1. The van der Waals surface area contributed by atoms with Crippen LogP contribution in [0, 0.1) is 0 Å². The molecule has 0 aromatic rings. The van der Waals surface area contributed by atoms with E-state index in [4.69, 9.17) is 10.8 Å². The molecule has 0 rings (SSSR count). The van der Waals surface area contributed by atoms with Gasteiger partial charge in [0.2, 0.25) is 0 Å². The van der Waals surface area contributed by atoms with Gasteiger partial charge in [-0.05, 0) is 18.4 Å². The number of quaternary nitrogens is 1. The molecule has 0 bridgehead atoms. The van der Waals surface area contributed by atoms with Gasteiger partial charge >= 0.3 is 0 Å². The van der Waals surface area contributed by atoms with Crippen molar-refractivity contribution in [3.63, 3.8) is 0 Å². The summed E-state index contributed by atoms with van der Waals surface area (Å²) in [6, 6.07) is -0.794. The minimum absolute atomic E-state index is 0.281. The molecule has 0 radical (unpaired) electrons. The highest BCUT2D eigenvalue weighted by Crippen LogP contribution is 1.96. The number of hydrogen-bond acceptors (Lipinski definition) is 5. The van der Waals surface area contributed by atoms with Gasteiger partial charge in [0, 0.05) is 6.04 Å². The predicted molar refractivity (Wildman–Crippen MR) is 66.0 cm³/mol. The van der Waals surface area contributed by atoms with Crippen LogP contribution in [0.3, 0.4) is 0 Å². The quantitative estimate of drug-likeness (QED) is 0.562. The second-order valence-electron chi connectivity index (χ2n) is 4.44. The first kappa shape index (κ1) is 18.1. The highest BCUT2D eigenvalue weighted by Gasteiger charge is 2.02. The number of carbonyl (C=O) groups excluding carboxylic acids is 1. The minimum Gasteiger partial charge on any atom is -0.548 e. The Kier molecular flexibility index (Phi) is 11.2. The van der Waals surface area contributed by atoms with Crippen molar-refractivity contribution in [2.75, 3.05) is 46.3 Å². The highest BCUT2D eigenvalue weighted by molar-refractivity contribution is 7.98. The predicted octanol–water partition coefficient (Wildman–Crippen LogP) is -1.50. The van der Waals surface area contributed by atoms with Crippen LogP contribution in [0.4, 0.5) is 0 Å². The number of likely N-dealkylation sites (N-methyl/N-ethyl adjacent to an activating group) is 1. The van der Waals surface area contributed by atoms with Gasteiger partial charge in [0.05, 0.1) is 33.7 Å². The van der Waals surface area contributed by atoms with Crippen molar-refractivity contribution in [2.24, 2.45) is 5.73 Å². The maximum absolute atomic E-state index is 9.96. The van der Waals surface area contributed by atoms with E-state index in [1.54, 1.807) is 11.8 Å². The van der Waals surface area contributed by atoms with Gasteiger partial charge in [-0.2, -0.15) is 11.8 Å². The van der Waals surface area contributed by atoms with Gasteiger partial charge in [0.15, 0.2) is 0 Å². The fourth-order valence-corrected chi connectivity index (χ4v) is 1.15. The van der Waals surface area contributed by atoms with Crippen molar-refractivity contribution in [1.82, 2.24) is 0 Å². The van der Waals surface area contributed by atoms with E-state index < -0.39 is 12.0 Å². The number of aliphatic hydroxyl groups is 1. The molecule has 0 unspecified atom stereocenters. The van der Waals surface area contributed by atoms with E-state index in [1.165, 1.54) is 0 Å². The molecule has 16 heavy (non-hydrogen) atoms. The van der Waals surface area contributed by atoms with Gasteiger partial charge in [-0.3, -0.25) is 0 Å². The Balaban J connectivity index is 0. The molecule has 0 spiro atoms. The molecule has 0 aromatic carbocycles. The molecule has 0 aliphatic carbocycles. The van der Waals surface area contributed by atoms with Gasteiger partial charge in [0.25, 0.3) is 0 Å². The molecule has 0 saturated carbocycles. The van der Waals surface area contributed by atoms with Crippen LogP contribution in [-0.4, -0.2) is 67.9 Å². The van der Waals surface area contributed by atoms with Gasteiger partial charge < -0.3 is 25.2 Å². The highest BCUT2D eigenvalue weighted by atomic mass is 32.2. The van der Waals surface area contributed by atoms with Crippen LogP contribution in [0.2, 0.25) is 0 Å². The number of carbonyl (C=O) groups is 1. The number of thioether (sulfide) groups is 1. The summed E-state index contributed by atoms with van der Waals surface area (Å²) in [6.07, 6.45) is 2.39. The van der Waals surface area contributed by atoms with E-state index in [0.29, 0.717) is 6.42 Å². The number of nitrogens with zero attached hydrogens (tertiary/aromatic N) is 1. The summed E-state index contributed by atoms with van der Waals surface area (Å²) in [7, 11) is 6.16. The number of aliphatic hydroxyl groups excluding tert-OH is 1. The average Bonchev–Trinajstić information content (AvgIpc) is 2.13. The molecule has 0 fully saturated rings. The lowest BCUT2D eigenvalue weighted by Gasteiger charge is -2.21. The van der Waals surface area contributed by atoms with Gasteiger partial charge in [-0.15, -0.1) is 0 Å². The lowest BCUT2D eigenvalue weighted by atomic mass is 10.2. The normalized spacial score (nSPS) is 12.6. The molecule has 1 atom stereocenters. The van der Waals surface area contributed by atoms with E-state index in [9.17, 15) is 9.90 Å². The number of aliphatic carboxylic acids is 1. The third-order valence-electron chi connectivity index (χ3n) is 1.71. The standard InChI is InChI=1S/C5H11NO2S.C5H14NO/c1-9-3-2-4(6)5(7)8;1-6(2,3)4-5-7/h4H,2-3,6H2,1H3,(H,7,8);7H,4-5H2,1-3H3/q;+1/p-1/t4-;/m0./s1. The van der Waals surface area contributed by atoms with Crippen LogP contribution in [0.25, 0.3) is 0 Å². The fraction of sp³-hybridized carbons (Fsp3) is 0.900. The SMILES string of the molecule is CSCC[C@H](N)C(=O)[O-].C[N+](C)(C)CCO. The van der Waals surface area contributed by atoms with Gasteiger partial charge in [-0.1, -0.05) is 0 Å². The summed E-state index contributed by atoms with van der Waals surface area (Å²) in [5, 5.41) is 18.3. The van der Waals surface area contributed by atoms with Crippen LogP contribution in [-0.2, 0) is 4.79 Å². The number of carboxylic acids is 1. The molecule has 0 saturated heterocycles. The number of carboxylic acid groups (broad SMARTS) is 1. The summed E-state index contributed by atoms with van der Waals surface area (Å²) in [4.78, 5) is 9.96. The smallest absolute Gasteiger partial charge is 0.101 e. The molecule has 98 valence electrons. The van der Waals surface area contributed by atoms with Crippen LogP contribution < -0.4 is 10.8 Å². The van der Waals surface area contributed by atoms with Gasteiger partial charge in [0.1, 0.15) is 6.54 Å². The molecule has 0 aliphatic rings. The van der Waals surface area contributed by atoms with Crippen molar-refractivity contribution in [3.8, 4) is 0 Å². The number of hydrogen-bond donors (Lipinski definition) is 2. The summed E-state index contributed by atoms with van der Waals surface area (Å²) in [5.74, 6) is -0.390. The zero-order valence-corrected chi connectivity index (χ0v) is 11.4. The van der Waals surface area contributed by atoms with Crippen molar-refractivity contribution < 1.29 is 19.5 Å². The second kappa shape index (κ2) is 9.89. The van der Waals surface area contributed by atoms with Crippen LogP contribution in [0.1, 0.15) is 6.42 Å². The average molecular weight is 252 g/mol. The summed E-state index contributed by atoms with van der Waals surface area (Å²) >= 11 is 1.58. The van der Waals surface area contributed by atoms with Crippen LogP contribution in [0.5, 0.6) is 0 Å². The topological polar surface area (TPSA) is 86.4 Å². The Morgan fingerprint density at radius 3 is 2.19 bits per heavy atom. The molecule has 0 aliphatic heterocycles. The Labute approximate surface area is 102 Å². The molecule has 3 N–H and O–H groups in total.